The number of fused-ring (bicyclic) bond motifs is 1. The largest absolute Gasteiger partial charge is 0.347 e. The number of imidazole rings is 2. The molecular formula is C14H15N5O. The Kier molecular flexibility index (Phi) is 3.20. The van der Waals surface area contributed by atoms with Gasteiger partial charge in [-0.1, -0.05) is 12.1 Å². The number of H-pyrrole nitrogens is 1. The van der Waals surface area contributed by atoms with E-state index in [-0.39, 0.29) is 11.9 Å². The lowest BCUT2D eigenvalue weighted by molar-refractivity contribution is -0.124. The van der Waals surface area contributed by atoms with Crippen molar-refractivity contribution < 1.29 is 4.79 Å². The summed E-state index contributed by atoms with van der Waals surface area (Å²) in [6.45, 7) is 2.24. The van der Waals surface area contributed by atoms with Gasteiger partial charge >= 0.3 is 0 Å². The van der Waals surface area contributed by atoms with Gasteiger partial charge in [0.2, 0.25) is 5.91 Å². The number of aromatic nitrogens is 4. The zero-order valence-corrected chi connectivity index (χ0v) is 11.1. The van der Waals surface area contributed by atoms with Gasteiger partial charge < -0.3 is 14.9 Å². The fourth-order valence-electron chi connectivity index (χ4n) is 2.13. The van der Waals surface area contributed by atoms with E-state index >= 15 is 0 Å². The van der Waals surface area contributed by atoms with Gasteiger partial charge in [0.1, 0.15) is 11.9 Å². The quantitative estimate of drug-likeness (QED) is 0.756. The van der Waals surface area contributed by atoms with Crippen molar-refractivity contribution in [1.29, 1.82) is 0 Å². The molecule has 0 saturated carbocycles. The van der Waals surface area contributed by atoms with E-state index in [9.17, 15) is 4.79 Å². The van der Waals surface area contributed by atoms with Crippen LogP contribution in [-0.4, -0.2) is 25.4 Å². The van der Waals surface area contributed by atoms with Crippen LogP contribution in [-0.2, 0) is 11.3 Å². The number of carbonyl (C=O) groups excluding carboxylic acids is 1. The molecule has 0 aliphatic rings. The third kappa shape index (κ3) is 2.27. The van der Waals surface area contributed by atoms with Crippen molar-refractivity contribution in [1.82, 2.24) is 24.8 Å². The highest BCUT2D eigenvalue weighted by Gasteiger charge is 2.16. The molecule has 0 aliphatic heterocycles. The zero-order valence-electron chi connectivity index (χ0n) is 11.1. The van der Waals surface area contributed by atoms with Crippen LogP contribution in [0.25, 0.3) is 11.0 Å². The average Bonchev–Trinajstić information content (AvgIpc) is 3.13. The summed E-state index contributed by atoms with van der Waals surface area (Å²) in [4.78, 5) is 23.5. The van der Waals surface area contributed by atoms with Crippen molar-refractivity contribution in [2.75, 3.05) is 0 Å². The predicted molar refractivity (Wildman–Crippen MR) is 74.9 cm³/mol. The number of hydrogen-bond donors (Lipinski definition) is 2. The number of benzene rings is 1. The Hall–Kier alpha value is -2.63. The van der Waals surface area contributed by atoms with Crippen LogP contribution < -0.4 is 5.32 Å². The molecule has 6 heteroatoms. The second-order valence-corrected chi connectivity index (χ2v) is 4.57. The van der Waals surface area contributed by atoms with Crippen molar-refractivity contribution in [3.63, 3.8) is 0 Å². The van der Waals surface area contributed by atoms with E-state index in [1.54, 1.807) is 18.7 Å². The van der Waals surface area contributed by atoms with E-state index in [1.165, 1.54) is 0 Å². The Morgan fingerprint density at radius 2 is 2.25 bits per heavy atom. The van der Waals surface area contributed by atoms with Gasteiger partial charge in [0.05, 0.1) is 23.9 Å². The van der Waals surface area contributed by atoms with Crippen molar-refractivity contribution >= 4 is 16.9 Å². The summed E-state index contributed by atoms with van der Waals surface area (Å²) in [5.41, 5.74) is 1.84. The number of carbonyl (C=O) groups is 1. The molecule has 1 unspecified atom stereocenters. The molecule has 20 heavy (non-hydrogen) atoms. The standard InChI is InChI=1S/C14H15N5O/c1-10(14(20)17-8-13-15-6-7-16-13)19-9-18-11-4-2-3-5-12(11)19/h2-7,9-10H,8H2,1H3,(H,15,16)(H,17,20). The van der Waals surface area contributed by atoms with E-state index < -0.39 is 0 Å². The topological polar surface area (TPSA) is 75.6 Å². The molecule has 0 fully saturated rings. The van der Waals surface area contributed by atoms with E-state index in [2.05, 4.69) is 20.3 Å². The van der Waals surface area contributed by atoms with Gasteiger partial charge in [0, 0.05) is 12.4 Å². The molecule has 0 radical (unpaired) electrons. The summed E-state index contributed by atoms with van der Waals surface area (Å²) in [5.74, 6) is 0.672. The first-order valence-corrected chi connectivity index (χ1v) is 6.43. The van der Waals surface area contributed by atoms with Crippen molar-refractivity contribution in [2.24, 2.45) is 0 Å². The second kappa shape index (κ2) is 5.16. The maximum atomic E-state index is 12.2. The third-order valence-corrected chi connectivity index (χ3v) is 3.26. The minimum atomic E-state index is -0.322. The molecule has 2 N–H and O–H groups in total. The molecule has 2 heterocycles. The maximum Gasteiger partial charge on any atom is 0.243 e. The highest BCUT2D eigenvalue weighted by molar-refractivity contribution is 5.83. The number of rotatable bonds is 4. The number of para-hydroxylation sites is 2. The van der Waals surface area contributed by atoms with Crippen LogP contribution in [0.3, 0.4) is 0 Å². The number of nitrogens with one attached hydrogen (secondary N) is 2. The van der Waals surface area contributed by atoms with Crippen LogP contribution in [0.2, 0.25) is 0 Å². The minimum Gasteiger partial charge on any atom is -0.347 e. The maximum absolute atomic E-state index is 12.2. The molecular weight excluding hydrogens is 254 g/mol. The molecule has 2 aromatic heterocycles. The monoisotopic (exact) mass is 269 g/mol. The fourth-order valence-corrected chi connectivity index (χ4v) is 2.13. The lowest BCUT2D eigenvalue weighted by atomic mass is 10.2. The molecule has 3 rings (SSSR count). The molecule has 0 spiro atoms. The summed E-state index contributed by atoms with van der Waals surface area (Å²) in [6.07, 6.45) is 5.09. The first-order chi connectivity index (χ1) is 9.75. The Bertz CT molecular complexity index is 716. The zero-order chi connectivity index (χ0) is 13.9. The van der Waals surface area contributed by atoms with Gasteiger partial charge in [-0.3, -0.25) is 4.79 Å². The lowest BCUT2D eigenvalue weighted by Crippen LogP contribution is -2.30. The van der Waals surface area contributed by atoms with Crippen LogP contribution in [0.1, 0.15) is 18.8 Å². The lowest BCUT2D eigenvalue weighted by Gasteiger charge is -2.14. The van der Waals surface area contributed by atoms with Crippen LogP contribution in [0.4, 0.5) is 0 Å². The van der Waals surface area contributed by atoms with Crippen LogP contribution >= 0.6 is 0 Å². The highest BCUT2D eigenvalue weighted by Crippen LogP contribution is 2.17. The van der Waals surface area contributed by atoms with E-state index in [0.717, 1.165) is 16.9 Å². The number of hydrogen-bond acceptors (Lipinski definition) is 3. The van der Waals surface area contributed by atoms with E-state index in [4.69, 9.17) is 0 Å². The molecule has 1 amide bonds. The first kappa shape index (κ1) is 12.4. The second-order valence-electron chi connectivity index (χ2n) is 4.57. The Balaban J connectivity index is 1.74. The third-order valence-electron chi connectivity index (χ3n) is 3.26. The van der Waals surface area contributed by atoms with Gasteiger partial charge in [-0.25, -0.2) is 9.97 Å². The van der Waals surface area contributed by atoms with Gasteiger partial charge in [0.15, 0.2) is 0 Å². The molecule has 0 aliphatic carbocycles. The first-order valence-electron chi connectivity index (χ1n) is 6.43. The van der Waals surface area contributed by atoms with Crippen molar-refractivity contribution in [3.8, 4) is 0 Å². The number of aromatic amines is 1. The van der Waals surface area contributed by atoms with Crippen LogP contribution in [0.15, 0.2) is 43.0 Å². The van der Waals surface area contributed by atoms with Gasteiger partial charge in [-0.15, -0.1) is 0 Å². The Morgan fingerprint density at radius 1 is 1.40 bits per heavy atom. The number of amides is 1. The smallest absolute Gasteiger partial charge is 0.243 e. The van der Waals surface area contributed by atoms with Gasteiger partial charge in [-0.2, -0.15) is 0 Å². The predicted octanol–water partition coefficient (Wildman–Crippen LogP) is 1.64. The SMILES string of the molecule is CC(C(=O)NCc1ncc[nH]1)n1cnc2ccccc21. The summed E-state index contributed by atoms with van der Waals surface area (Å²) in [7, 11) is 0. The molecule has 102 valence electrons. The van der Waals surface area contributed by atoms with E-state index in [0.29, 0.717) is 6.54 Å². The van der Waals surface area contributed by atoms with Crippen LogP contribution in [0.5, 0.6) is 0 Å². The average molecular weight is 269 g/mol. The molecule has 1 aromatic carbocycles. The molecule has 1 atom stereocenters. The molecule has 3 aromatic rings. The van der Waals surface area contributed by atoms with Crippen molar-refractivity contribution in [2.45, 2.75) is 19.5 Å². The molecule has 0 saturated heterocycles. The summed E-state index contributed by atoms with van der Waals surface area (Å²) < 4.78 is 1.87. The number of nitrogens with zero attached hydrogens (tertiary/aromatic N) is 3. The van der Waals surface area contributed by atoms with Crippen molar-refractivity contribution in [3.05, 3.63) is 48.8 Å². The fraction of sp³-hybridized carbons (Fsp3) is 0.214. The Morgan fingerprint density at radius 3 is 3.05 bits per heavy atom. The summed E-state index contributed by atoms with van der Waals surface area (Å²) in [5, 5.41) is 2.86. The highest BCUT2D eigenvalue weighted by atomic mass is 16.2. The van der Waals surface area contributed by atoms with E-state index in [1.807, 2.05) is 35.8 Å². The molecule has 6 nitrogen and oxygen atoms in total. The molecule has 0 bridgehead atoms. The van der Waals surface area contributed by atoms with Gasteiger partial charge in [0.25, 0.3) is 0 Å². The summed E-state index contributed by atoms with van der Waals surface area (Å²) >= 11 is 0. The normalized spacial score (nSPS) is 12.4. The van der Waals surface area contributed by atoms with Gasteiger partial charge in [-0.05, 0) is 19.1 Å². The van der Waals surface area contributed by atoms with Crippen LogP contribution in [0, 0.1) is 0 Å². The Labute approximate surface area is 115 Å². The summed E-state index contributed by atoms with van der Waals surface area (Å²) in [6, 6.07) is 7.44. The minimum absolute atomic E-state index is 0.0652.